The van der Waals surface area contributed by atoms with Crippen LogP contribution in [0.5, 0.6) is 5.75 Å². The molecule has 0 saturated carbocycles. The zero-order valence-corrected chi connectivity index (χ0v) is 13.8. The van der Waals surface area contributed by atoms with Gasteiger partial charge in [0.15, 0.2) is 0 Å². The Morgan fingerprint density at radius 2 is 2.19 bits per heavy atom. The summed E-state index contributed by atoms with van der Waals surface area (Å²) in [6, 6.07) is 6.63. The highest BCUT2D eigenvalue weighted by molar-refractivity contribution is 5.92. The first-order chi connectivity index (χ1) is 12.5. The van der Waals surface area contributed by atoms with Crippen molar-refractivity contribution >= 4 is 28.5 Å². The molecule has 0 amide bonds. The average Bonchev–Trinajstić information content (AvgIpc) is 3.21. The Balaban J connectivity index is 1.79. The van der Waals surface area contributed by atoms with Crippen molar-refractivity contribution in [1.29, 1.82) is 0 Å². The number of nitrogens with one attached hydrogen (secondary N) is 3. The number of rotatable bonds is 4. The fraction of sp³-hybridized carbons (Fsp3) is 0.294. The van der Waals surface area contributed by atoms with E-state index in [4.69, 9.17) is 4.74 Å². The van der Waals surface area contributed by atoms with Gasteiger partial charge in [0.2, 0.25) is 5.95 Å². The minimum absolute atomic E-state index is 0.0761. The molecule has 3 N–H and O–H groups in total. The van der Waals surface area contributed by atoms with E-state index in [1.165, 1.54) is 0 Å². The van der Waals surface area contributed by atoms with Crippen LogP contribution in [-0.2, 0) is 12.6 Å². The monoisotopic (exact) mass is 362 g/mol. The lowest BCUT2D eigenvalue weighted by Crippen LogP contribution is -2.08. The number of aromatic amines is 1. The lowest BCUT2D eigenvalue weighted by atomic mass is 10.1. The Bertz CT molecular complexity index is 967. The first-order valence-corrected chi connectivity index (χ1v) is 8.11. The molecule has 0 aliphatic carbocycles. The first kappa shape index (κ1) is 16.5. The molecule has 2 aromatic heterocycles. The molecule has 1 aliphatic rings. The number of ether oxygens (including phenoxy) is 1. The highest BCUT2D eigenvalue weighted by Crippen LogP contribution is 2.39. The van der Waals surface area contributed by atoms with E-state index in [0.717, 1.165) is 18.2 Å². The molecule has 26 heavy (non-hydrogen) atoms. The van der Waals surface area contributed by atoms with Crippen molar-refractivity contribution in [3.8, 4) is 5.75 Å². The van der Waals surface area contributed by atoms with Gasteiger partial charge in [-0.2, -0.15) is 23.1 Å². The molecule has 0 atom stereocenters. The van der Waals surface area contributed by atoms with E-state index in [-0.39, 0.29) is 22.8 Å². The minimum Gasteiger partial charge on any atom is -0.491 e. The number of H-pyrrole nitrogens is 1. The Morgan fingerprint density at radius 1 is 1.35 bits per heavy atom. The first-order valence-electron chi connectivity index (χ1n) is 8.11. The van der Waals surface area contributed by atoms with Gasteiger partial charge in [-0.1, -0.05) is 6.07 Å². The summed E-state index contributed by atoms with van der Waals surface area (Å²) in [6.45, 7) is 2.78. The molecule has 4 rings (SSSR count). The van der Waals surface area contributed by atoms with E-state index >= 15 is 0 Å². The summed E-state index contributed by atoms with van der Waals surface area (Å²) >= 11 is 0. The molecule has 3 heterocycles. The Kier molecular flexibility index (Phi) is 3.86. The van der Waals surface area contributed by atoms with Crippen molar-refractivity contribution in [2.75, 3.05) is 23.8 Å². The molecule has 1 aliphatic heterocycles. The molecule has 6 nitrogen and oxygen atoms in total. The quantitative estimate of drug-likeness (QED) is 0.657. The average molecular weight is 362 g/mol. The van der Waals surface area contributed by atoms with Gasteiger partial charge < -0.3 is 20.4 Å². The number of anilines is 3. The predicted molar refractivity (Wildman–Crippen MR) is 90.8 cm³/mol. The summed E-state index contributed by atoms with van der Waals surface area (Å²) in [7, 11) is 0. The van der Waals surface area contributed by atoms with Crippen LogP contribution < -0.4 is 15.4 Å². The maximum atomic E-state index is 13.2. The van der Waals surface area contributed by atoms with Crippen molar-refractivity contribution in [2.45, 2.75) is 19.5 Å². The van der Waals surface area contributed by atoms with Gasteiger partial charge in [0.05, 0.1) is 23.2 Å². The number of halogens is 3. The molecule has 0 fully saturated rings. The van der Waals surface area contributed by atoms with E-state index < -0.39 is 11.7 Å². The van der Waals surface area contributed by atoms with Crippen molar-refractivity contribution in [2.24, 2.45) is 0 Å². The SMILES string of the molecule is CCNc1nc(Nc2cc[c]c3c2OCC3)nc2[nH]cc(C(F)(F)F)c12. The van der Waals surface area contributed by atoms with Crippen LogP contribution in [-0.4, -0.2) is 28.1 Å². The molecule has 1 radical (unpaired) electrons. The lowest BCUT2D eigenvalue weighted by molar-refractivity contribution is -0.136. The van der Waals surface area contributed by atoms with Gasteiger partial charge in [0, 0.05) is 24.7 Å². The van der Waals surface area contributed by atoms with Gasteiger partial charge in [-0.15, -0.1) is 0 Å². The summed E-state index contributed by atoms with van der Waals surface area (Å²) in [5.74, 6) is 0.963. The number of hydrogen-bond acceptors (Lipinski definition) is 5. The highest BCUT2D eigenvalue weighted by atomic mass is 19.4. The van der Waals surface area contributed by atoms with E-state index in [1.54, 1.807) is 19.1 Å². The molecule has 0 spiro atoms. The zero-order chi connectivity index (χ0) is 18.3. The zero-order valence-electron chi connectivity index (χ0n) is 13.8. The number of aromatic nitrogens is 3. The number of alkyl halides is 3. The molecular weight excluding hydrogens is 347 g/mol. The number of benzene rings is 1. The normalized spacial score (nSPS) is 13.5. The molecular formula is C17H15F3N5O. The number of nitrogens with zero attached hydrogens (tertiary/aromatic N) is 2. The summed E-state index contributed by atoms with van der Waals surface area (Å²) in [5.41, 5.74) is 0.905. The minimum atomic E-state index is -4.50. The van der Waals surface area contributed by atoms with E-state index in [2.05, 4.69) is 31.7 Å². The predicted octanol–water partition coefficient (Wildman–Crippen LogP) is 3.89. The smallest absolute Gasteiger partial charge is 0.418 e. The second-order valence-electron chi connectivity index (χ2n) is 5.77. The second kappa shape index (κ2) is 6.08. The van der Waals surface area contributed by atoms with Crippen molar-refractivity contribution in [3.63, 3.8) is 0 Å². The topological polar surface area (TPSA) is 74.9 Å². The molecule has 0 bridgehead atoms. The van der Waals surface area contributed by atoms with Gasteiger partial charge in [-0.3, -0.25) is 0 Å². The Labute approximate surface area is 146 Å². The second-order valence-corrected chi connectivity index (χ2v) is 5.77. The summed E-state index contributed by atoms with van der Waals surface area (Å²) in [4.78, 5) is 11.0. The highest BCUT2D eigenvalue weighted by Gasteiger charge is 2.35. The summed E-state index contributed by atoms with van der Waals surface area (Å²) in [5, 5.41) is 5.84. The van der Waals surface area contributed by atoms with Gasteiger partial charge in [0.25, 0.3) is 0 Å². The number of fused-ring (bicyclic) bond motifs is 2. The molecule has 1 aromatic carbocycles. The summed E-state index contributed by atoms with van der Waals surface area (Å²) in [6.07, 6.45) is -2.83. The fourth-order valence-electron chi connectivity index (χ4n) is 2.96. The molecule has 3 aromatic rings. The van der Waals surface area contributed by atoms with Crippen LogP contribution in [0.25, 0.3) is 11.0 Å². The fourth-order valence-corrected chi connectivity index (χ4v) is 2.96. The van der Waals surface area contributed by atoms with Crippen LogP contribution in [0.15, 0.2) is 18.3 Å². The molecule has 0 unspecified atom stereocenters. The van der Waals surface area contributed by atoms with Gasteiger partial charge in [-0.05, 0) is 19.1 Å². The van der Waals surface area contributed by atoms with Crippen molar-refractivity contribution in [3.05, 3.63) is 35.5 Å². The van der Waals surface area contributed by atoms with Crippen molar-refractivity contribution in [1.82, 2.24) is 15.0 Å². The van der Waals surface area contributed by atoms with Crippen molar-refractivity contribution < 1.29 is 17.9 Å². The third-order valence-corrected chi connectivity index (χ3v) is 4.05. The largest absolute Gasteiger partial charge is 0.491 e. The maximum Gasteiger partial charge on any atom is 0.418 e. The van der Waals surface area contributed by atoms with Gasteiger partial charge in [-0.25, -0.2) is 0 Å². The summed E-state index contributed by atoms with van der Waals surface area (Å²) < 4.78 is 45.3. The lowest BCUT2D eigenvalue weighted by Gasteiger charge is -2.12. The van der Waals surface area contributed by atoms with Gasteiger partial charge in [0.1, 0.15) is 17.2 Å². The van der Waals surface area contributed by atoms with Gasteiger partial charge >= 0.3 is 6.18 Å². The van der Waals surface area contributed by atoms with Crippen LogP contribution >= 0.6 is 0 Å². The van der Waals surface area contributed by atoms with Crippen LogP contribution in [0.3, 0.4) is 0 Å². The standard InChI is InChI=1S/C17H15F3N5O/c1-2-21-14-12-10(17(18,19)20)8-22-15(12)25-16(24-14)23-11-5-3-4-9-6-7-26-13(9)11/h3,5,8H,2,6-7H2,1H3,(H3,21,22,23,24,25). The van der Waals surface area contributed by atoms with Crippen LogP contribution in [0, 0.1) is 6.07 Å². The van der Waals surface area contributed by atoms with E-state index in [1.807, 2.05) is 0 Å². The Morgan fingerprint density at radius 3 is 2.96 bits per heavy atom. The third-order valence-electron chi connectivity index (χ3n) is 4.05. The van der Waals surface area contributed by atoms with Crippen LogP contribution in [0.4, 0.5) is 30.6 Å². The van der Waals surface area contributed by atoms with Crippen LogP contribution in [0.1, 0.15) is 18.1 Å². The molecule has 135 valence electrons. The van der Waals surface area contributed by atoms with E-state index in [9.17, 15) is 13.2 Å². The Hall–Kier alpha value is -2.97. The number of hydrogen-bond donors (Lipinski definition) is 3. The van der Waals surface area contributed by atoms with Crippen LogP contribution in [0.2, 0.25) is 0 Å². The molecule has 9 heteroatoms. The maximum absolute atomic E-state index is 13.2. The van der Waals surface area contributed by atoms with E-state index in [0.29, 0.717) is 24.6 Å². The molecule has 0 saturated heterocycles. The third kappa shape index (κ3) is 2.79.